The van der Waals surface area contributed by atoms with Gasteiger partial charge in [0.05, 0.1) is 15.8 Å². The largest absolute Gasteiger partial charge is 0.383 e. The van der Waals surface area contributed by atoms with E-state index in [2.05, 4.69) is 9.97 Å². The number of nitrogens with two attached hydrogens (primary N) is 2. The zero-order valence-electron chi connectivity index (χ0n) is 12.2. The van der Waals surface area contributed by atoms with Gasteiger partial charge in [-0.05, 0) is 26.8 Å². The molecule has 1 aromatic carbocycles. The van der Waals surface area contributed by atoms with Gasteiger partial charge in [-0.1, -0.05) is 18.2 Å². The third-order valence-electron chi connectivity index (χ3n) is 3.27. The van der Waals surface area contributed by atoms with Gasteiger partial charge in [-0.15, -0.1) is 0 Å². The molecule has 1 aromatic heterocycles. The maximum Gasteiger partial charge on any atom is 0.222 e. The van der Waals surface area contributed by atoms with Gasteiger partial charge in [-0.2, -0.15) is 4.98 Å². The summed E-state index contributed by atoms with van der Waals surface area (Å²) >= 11 is 0. The zero-order valence-corrected chi connectivity index (χ0v) is 13.0. The van der Waals surface area contributed by atoms with Crippen LogP contribution in [-0.4, -0.2) is 23.6 Å². The van der Waals surface area contributed by atoms with E-state index in [0.29, 0.717) is 16.8 Å². The zero-order chi connectivity index (χ0) is 15.8. The number of rotatable bonds is 3. The number of nitrogen functional groups attached to an aromatic ring is 2. The maximum absolute atomic E-state index is 12.5. The van der Waals surface area contributed by atoms with E-state index in [-0.39, 0.29) is 16.7 Å². The second-order valence-corrected chi connectivity index (χ2v) is 7.50. The van der Waals surface area contributed by atoms with Gasteiger partial charge in [-0.3, -0.25) is 0 Å². The third kappa shape index (κ3) is 2.69. The molecule has 0 spiro atoms. The lowest BCUT2D eigenvalue weighted by Crippen LogP contribution is -2.15. The highest BCUT2D eigenvalue weighted by Crippen LogP contribution is 2.32. The van der Waals surface area contributed by atoms with Crippen molar-refractivity contribution in [1.29, 1.82) is 0 Å². The van der Waals surface area contributed by atoms with E-state index >= 15 is 0 Å². The molecule has 0 amide bonds. The third-order valence-corrected chi connectivity index (χ3v) is 5.48. The summed E-state index contributed by atoms with van der Waals surface area (Å²) in [7, 11) is -3.44. The van der Waals surface area contributed by atoms with Crippen LogP contribution in [0.15, 0.2) is 29.2 Å². The molecule has 0 saturated heterocycles. The molecule has 0 aliphatic heterocycles. The van der Waals surface area contributed by atoms with Crippen molar-refractivity contribution in [2.24, 2.45) is 0 Å². The van der Waals surface area contributed by atoms with E-state index in [1.54, 1.807) is 45.0 Å². The highest BCUT2D eigenvalue weighted by Gasteiger charge is 2.24. The monoisotopic (exact) mass is 306 g/mol. The number of anilines is 2. The van der Waals surface area contributed by atoms with Gasteiger partial charge in [0.2, 0.25) is 5.95 Å². The molecule has 0 atom stereocenters. The molecule has 0 aliphatic carbocycles. The van der Waals surface area contributed by atoms with E-state index in [0.717, 1.165) is 0 Å². The average Bonchev–Trinajstić information content (AvgIpc) is 2.42. The van der Waals surface area contributed by atoms with Gasteiger partial charge in [0, 0.05) is 11.1 Å². The Morgan fingerprint density at radius 1 is 1.10 bits per heavy atom. The molecule has 0 unspecified atom stereocenters. The second-order valence-electron chi connectivity index (χ2n) is 5.03. The van der Waals surface area contributed by atoms with Gasteiger partial charge >= 0.3 is 0 Å². The van der Waals surface area contributed by atoms with Crippen molar-refractivity contribution in [3.05, 3.63) is 29.8 Å². The topological polar surface area (TPSA) is 112 Å². The Bertz CT molecular complexity index is 786. The molecule has 112 valence electrons. The molecule has 0 fully saturated rings. The molecule has 0 aliphatic rings. The molecule has 2 rings (SSSR count). The lowest BCUT2D eigenvalue weighted by Gasteiger charge is -2.14. The first-order valence-electron chi connectivity index (χ1n) is 6.48. The van der Waals surface area contributed by atoms with Crippen LogP contribution in [0.25, 0.3) is 11.3 Å². The van der Waals surface area contributed by atoms with Crippen LogP contribution in [0.2, 0.25) is 0 Å². The quantitative estimate of drug-likeness (QED) is 0.894. The van der Waals surface area contributed by atoms with Crippen molar-refractivity contribution in [2.75, 3.05) is 11.5 Å². The van der Waals surface area contributed by atoms with Gasteiger partial charge < -0.3 is 11.5 Å². The summed E-state index contributed by atoms with van der Waals surface area (Å²) in [6.45, 7) is 5.02. The molecule has 1 heterocycles. The summed E-state index contributed by atoms with van der Waals surface area (Å²) < 4.78 is 25.0. The molecule has 7 heteroatoms. The van der Waals surface area contributed by atoms with Crippen LogP contribution in [0.1, 0.15) is 19.4 Å². The first kappa shape index (κ1) is 15.2. The van der Waals surface area contributed by atoms with Gasteiger partial charge in [0.1, 0.15) is 5.82 Å². The van der Waals surface area contributed by atoms with Gasteiger partial charge in [-0.25, -0.2) is 13.4 Å². The van der Waals surface area contributed by atoms with E-state index in [1.165, 1.54) is 0 Å². The fourth-order valence-corrected chi connectivity index (χ4v) is 3.23. The van der Waals surface area contributed by atoms with Crippen molar-refractivity contribution in [3.63, 3.8) is 0 Å². The van der Waals surface area contributed by atoms with Crippen LogP contribution in [0.4, 0.5) is 11.8 Å². The SMILES string of the molecule is Cc1c(N)nc(N)nc1-c1ccccc1S(=O)(=O)C(C)C. The molecular formula is C14H18N4O2S. The predicted octanol–water partition coefficient (Wildman–Crippen LogP) is 1.80. The smallest absolute Gasteiger partial charge is 0.222 e. The summed E-state index contributed by atoms with van der Waals surface area (Å²) in [6.07, 6.45) is 0. The second kappa shape index (κ2) is 5.33. The molecule has 2 aromatic rings. The Morgan fingerprint density at radius 2 is 1.71 bits per heavy atom. The molecule has 21 heavy (non-hydrogen) atoms. The molecular weight excluding hydrogens is 288 g/mol. The maximum atomic E-state index is 12.5. The number of nitrogens with zero attached hydrogens (tertiary/aromatic N) is 2. The minimum Gasteiger partial charge on any atom is -0.383 e. The molecule has 4 N–H and O–H groups in total. The molecule has 6 nitrogen and oxygen atoms in total. The number of sulfone groups is 1. The normalized spacial score (nSPS) is 11.8. The summed E-state index contributed by atoms with van der Waals surface area (Å²) in [5.74, 6) is 0.263. The molecule has 0 radical (unpaired) electrons. The summed E-state index contributed by atoms with van der Waals surface area (Å²) in [4.78, 5) is 8.26. The summed E-state index contributed by atoms with van der Waals surface area (Å²) in [5.41, 5.74) is 13.0. The minimum absolute atomic E-state index is 0.0184. The van der Waals surface area contributed by atoms with Crippen LogP contribution in [0.5, 0.6) is 0 Å². The van der Waals surface area contributed by atoms with Gasteiger partial charge in [0.15, 0.2) is 9.84 Å². The lowest BCUT2D eigenvalue weighted by molar-refractivity contribution is 0.587. The van der Waals surface area contributed by atoms with Crippen molar-refractivity contribution in [2.45, 2.75) is 30.9 Å². The Hall–Kier alpha value is -2.15. The van der Waals surface area contributed by atoms with Crippen LogP contribution in [0.3, 0.4) is 0 Å². The van der Waals surface area contributed by atoms with Crippen LogP contribution in [-0.2, 0) is 9.84 Å². The van der Waals surface area contributed by atoms with Crippen LogP contribution < -0.4 is 11.5 Å². The molecule has 0 saturated carbocycles. The number of benzene rings is 1. The van der Waals surface area contributed by atoms with Crippen molar-refractivity contribution >= 4 is 21.6 Å². The Kier molecular flexibility index (Phi) is 3.87. The highest BCUT2D eigenvalue weighted by atomic mass is 32.2. The van der Waals surface area contributed by atoms with E-state index in [1.807, 2.05) is 0 Å². The van der Waals surface area contributed by atoms with Gasteiger partial charge in [0.25, 0.3) is 0 Å². The summed E-state index contributed by atoms with van der Waals surface area (Å²) in [5, 5.41) is -0.532. The van der Waals surface area contributed by atoms with E-state index in [9.17, 15) is 8.42 Å². The first-order valence-corrected chi connectivity index (χ1v) is 8.02. The Morgan fingerprint density at radius 3 is 2.33 bits per heavy atom. The number of hydrogen-bond donors (Lipinski definition) is 2. The standard InChI is InChI=1S/C14H18N4O2S/c1-8(2)21(19,20)11-7-5-4-6-10(11)12-9(3)13(15)18-14(16)17-12/h4-8H,1-3H3,(H4,15,16,17,18). The van der Waals surface area contributed by atoms with E-state index in [4.69, 9.17) is 11.5 Å². The Labute approximate surface area is 124 Å². The average molecular weight is 306 g/mol. The number of hydrogen-bond acceptors (Lipinski definition) is 6. The Balaban J connectivity index is 2.79. The fourth-order valence-electron chi connectivity index (χ4n) is 1.98. The van der Waals surface area contributed by atoms with Crippen LogP contribution >= 0.6 is 0 Å². The highest BCUT2D eigenvalue weighted by molar-refractivity contribution is 7.92. The van der Waals surface area contributed by atoms with E-state index < -0.39 is 15.1 Å². The fraction of sp³-hybridized carbons (Fsp3) is 0.286. The van der Waals surface area contributed by atoms with Crippen molar-refractivity contribution < 1.29 is 8.42 Å². The van der Waals surface area contributed by atoms with Crippen molar-refractivity contribution in [3.8, 4) is 11.3 Å². The summed E-state index contributed by atoms with van der Waals surface area (Å²) in [6, 6.07) is 6.70. The predicted molar refractivity (Wildman–Crippen MR) is 83.4 cm³/mol. The van der Waals surface area contributed by atoms with Crippen LogP contribution in [0, 0.1) is 6.92 Å². The van der Waals surface area contributed by atoms with Crippen molar-refractivity contribution in [1.82, 2.24) is 9.97 Å². The lowest BCUT2D eigenvalue weighted by atomic mass is 10.1. The first-order chi connectivity index (χ1) is 9.75. The number of aromatic nitrogens is 2. The molecule has 0 bridgehead atoms. The minimum atomic E-state index is -3.44.